The van der Waals surface area contributed by atoms with Gasteiger partial charge in [0.2, 0.25) is 0 Å². The van der Waals surface area contributed by atoms with Crippen LogP contribution in [0.3, 0.4) is 0 Å². The molecule has 1 aromatic carbocycles. The van der Waals surface area contributed by atoms with Crippen LogP contribution in [0.25, 0.3) is 22.6 Å². The van der Waals surface area contributed by atoms with Crippen molar-refractivity contribution in [2.75, 3.05) is 6.61 Å². The van der Waals surface area contributed by atoms with E-state index >= 15 is 0 Å². The van der Waals surface area contributed by atoms with Crippen molar-refractivity contribution in [1.82, 2.24) is 23.7 Å². The van der Waals surface area contributed by atoms with Crippen LogP contribution in [0.5, 0.6) is 0 Å². The summed E-state index contributed by atoms with van der Waals surface area (Å²) in [5, 5.41) is 9.16. The lowest BCUT2D eigenvalue weighted by Crippen LogP contribution is -2.40. The number of halogens is 1. The number of benzene rings is 1. The molecule has 0 bridgehead atoms. The molecule has 0 spiro atoms. The van der Waals surface area contributed by atoms with Gasteiger partial charge in [0.1, 0.15) is 11.6 Å². The average Bonchev–Trinajstić information content (AvgIpc) is 3.13. The Hall–Kier alpha value is -3.59. The molecule has 31 heavy (non-hydrogen) atoms. The Kier molecular flexibility index (Phi) is 5.51. The molecule has 0 aliphatic rings. The number of imidazole rings is 1. The number of pyridine rings is 1. The third-order valence-electron chi connectivity index (χ3n) is 5.18. The predicted octanol–water partition coefficient (Wildman–Crippen LogP) is 1.84. The zero-order valence-corrected chi connectivity index (χ0v) is 17.2. The monoisotopic (exact) mass is 423 g/mol. The third kappa shape index (κ3) is 3.68. The fourth-order valence-corrected chi connectivity index (χ4v) is 3.55. The third-order valence-corrected chi connectivity index (χ3v) is 5.18. The standard InChI is InChI=1S/C22H22FN5O3/c1-14-8-9-15(24-12-14)13-28-18-20(25-19(28)16-6-3-4-7-17(16)23)26(2)22(31)27(21(18)30)10-5-11-29/h3-4,6-9,12,29H,5,10-11,13H2,1-2H3. The first-order valence-corrected chi connectivity index (χ1v) is 9.89. The van der Waals surface area contributed by atoms with Gasteiger partial charge in [0.25, 0.3) is 5.56 Å². The summed E-state index contributed by atoms with van der Waals surface area (Å²) in [5.41, 5.74) is 1.15. The van der Waals surface area contributed by atoms with Crippen molar-refractivity contribution in [2.45, 2.75) is 26.4 Å². The highest BCUT2D eigenvalue weighted by molar-refractivity contribution is 5.77. The van der Waals surface area contributed by atoms with E-state index < -0.39 is 17.1 Å². The Morgan fingerprint density at radius 1 is 1.10 bits per heavy atom. The maximum atomic E-state index is 14.7. The molecule has 0 aliphatic heterocycles. The van der Waals surface area contributed by atoms with Crippen LogP contribution in [0.2, 0.25) is 0 Å². The molecule has 8 nitrogen and oxygen atoms in total. The van der Waals surface area contributed by atoms with Crippen molar-refractivity contribution in [3.05, 3.63) is 80.5 Å². The van der Waals surface area contributed by atoms with Gasteiger partial charge in [-0.15, -0.1) is 0 Å². The van der Waals surface area contributed by atoms with Gasteiger partial charge in [-0.3, -0.25) is 18.9 Å². The molecule has 0 amide bonds. The second-order valence-electron chi connectivity index (χ2n) is 7.38. The van der Waals surface area contributed by atoms with Gasteiger partial charge >= 0.3 is 5.69 Å². The zero-order chi connectivity index (χ0) is 22.1. The number of hydrogen-bond acceptors (Lipinski definition) is 5. The van der Waals surface area contributed by atoms with Gasteiger partial charge < -0.3 is 9.67 Å². The van der Waals surface area contributed by atoms with Crippen molar-refractivity contribution >= 4 is 11.2 Å². The van der Waals surface area contributed by atoms with E-state index in [0.29, 0.717) is 5.69 Å². The van der Waals surface area contributed by atoms with Crippen LogP contribution >= 0.6 is 0 Å². The van der Waals surface area contributed by atoms with Crippen LogP contribution in [0.15, 0.2) is 52.2 Å². The Morgan fingerprint density at radius 3 is 2.55 bits per heavy atom. The van der Waals surface area contributed by atoms with Crippen molar-refractivity contribution in [3.8, 4) is 11.4 Å². The van der Waals surface area contributed by atoms with Gasteiger partial charge in [-0.2, -0.15) is 0 Å². The molecule has 1 N–H and O–H groups in total. The Balaban J connectivity index is 2.04. The molecule has 0 aliphatic carbocycles. The van der Waals surface area contributed by atoms with Crippen molar-refractivity contribution in [2.24, 2.45) is 7.05 Å². The second-order valence-corrected chi connectivity index (χ2v) is 7.38. The van der Waals surface area contributed by atoms with Gasteiger partial charge in [0.05, 0.1) is 17.8 Å². The largest absolute Gasteiger partial charge is 0.396 e. The van der Waals surface area contributed by atoms with E-state index in [4.69, 9.17) is 5.11 Å². The molecule has 3 aromatic heterocycles. The smallest absolute Gasteiger partial charge is 0.332 e. The van der Waals surface area contributed by atoms with E-state index in [1.54, 1.807) is 29.0 Å². The van der Waals surface area contributed by atoms with E-state index in [1.165, 1.54) is 17.7 Å². The molecule has 0 saturated carbocycles. The first-order valence-electron chi connectivity index (χ1n) is 9.89. The molecular weight excluding hydrogens is 401 g/mol. The number of aryl methyl sites for hydroxylation is 2. The van der Waals surface area contributed by atoms with E-state index in [0.717, 1.165) is 10.1 Å². The molecule has 0 atom stereocenters. The molecular formula is C22H22FN5O3. The number of rotatable bonds is 6. The summed E-state index contributed by atoms with van der Waals surface area (Å²) < 4.78 is 18.6. The first-order chi connectivity index (χ1) is 14.9. The number of aromatic nitrogens is 5. The van der Waals surface area contributed by atoms with E-state index in [-0.39, 0.29) is 48.7 Å². The molecule has 9 heteroatoms. The zero-order valence-electron chi connectivity index (χ0n) is 17.2. The van der Waals surface area contributed by atoms with Crippen LogP contribution in [0.4, 0.5) is 4.39 Å². The topological polar surface area (TPSA) is 94.9 Å². The van der Waals surface area contributed by atoms with E-state index in [2.05, 4.69) is 9.97 Å². The summed E-state index contributed by atoms with van der Waals surface area (Å²) in [6, 6.07) is 9.90. The van der Waals surface area contributed by atoms with Gasteiger partial charge in [-0.25, -0.2) is 14.2 Å². The van der Waals surface area contributed by atoms with Crippen LogP contribution in [-0.2, 0) is 20.1 Å². The summed E-state index contributed by atoms with van der Waals surface area (Å²) >= 11 is 0. The predicted molar refractivity (Wildman–Crippen MR) is 114 cm³/mol. The molecule has 0 unspecified atom stereocenters. The minimum Gasteiger partial charge on any atom is -0.396 e. The lowest BCUT2D eigenvalue weighted by atomic mass is 10.2. The lowest BCUT2D eigenvalue weighted by Gasteiger charge is -2.11. The molecule has 4 rings (SSSR count). The number of hydrogen-bond donors (Lipinski definition) is 1. The summed E-state index contributed by atoms with van der Waals surface area (Å²) in [6.45, 7) is 2.01. The van der Waals surface area contributed by atoms with E-state index in [9.17, 15) is 14.0 Å². The average molecular weight is 423 g/mol. The highest BCUT2D eigenvalue weighted by Crippen LogP contribution is 2.25. The fourth-order valence-electron chi connectivity index (χ4n) is 3.55. The van der Waals surface area contributed by atoms with Crippen LogP contribution in [0, 0.1) is 12.7 Å². The van der Waals surface area contributed by atoms with Crippen molar-refractivity contribution in [3.63, 3.8) is 0 Å². The summed E-state index contributed by atoms with van der Waals surface area (Å²) in [4.78, 5) is 34.9. The molecule has 0 saturated heterocycles. The fraction of sp³-hybridized carbons (Fsp3) is 0.273. The van der Waals surface area contributed by atoms with E-state index in [1.807, 2.05) is 19.1 Å². The Morgan fingerprint density at radius 2 is 1.87 bits per heavy atom. The number of nitrogens with zero attached hydrogens (tertiary/aromatic N) is 5. The molecule has 4 aromatic rings. The highest BCUT2D eigenvalue weighted by atomic mass is 19.1. The minimum atomic E-state index is -0.538. The lowest BCUT2D eigenvalue weighted by molar-refractivity contribution is 0.277. The molecule has 3 heterocycles. The minimum absolute atomic E-state index is 0.0704. The summed E-state index contributed by atoms with van der Waals surface area (Å²) in [5.74, 6) is -0.246. The number of aliphatic hydroxyl groups excluding tert-OH is 1. The Bertz CT molecular complexity index is 1370. The van der Waals surface area contributed by atoms with Crippen molar-refractivity contribution in [1.29, 1.82) is 0 Å². The maximum absolute atomic E-state index is 14.7. The van der Waals surface area contributed by atoms with Crippen LogP contribution < -0.4 is 11.2 Å². The normalized spacial score (nSPS) is 11.4. The maximum Gasteiger partial charge on any atom is 0.332 e. The molecule has 160 valence electrons. The van der Waals surface area contributed by atoms with Gasteiger partial charge in [0, 0.05) is 26.4 Å². The number of aliphatic hydroxyl groups is 1. The Labute approximate surface area is 176 Å². The van der Waals surface area contributed by atoms with Crippen LogP contribution in [-0.4, -0.2) is 35.4 Å². The number of fused-ring (bicyclic) bond motifs is 1. The SMILES string of the molecule is Cc1ccc(Cn2c(-c3ccccc3F)nc3c2c(=O)n(CCCO)c(=O)n3C)nc1. The quantitative estimate of drug-likeness (QED) is 0.511. The first kappa shape index (κ1) is 20.7. The molecule has 0 radical (unpaired) electrons. The molecule has 0 fully saturated rings. The van der Waals surface area contributed by atoms with Gasteiger partial charge in [-0.05, 0) is 37.1 Å². The highest BCUT2D eigenvalue weighted by Gasteiger charge is 2.22. The summed E-state index contributed by atoms with van der Waals surface area (Å²) in [7, 11) is 1.52. The van der Waals surface area contributed by atoms with Crippen LogP contribution in [0.1, 0.15) is 17.7 Å². The summed E-state index contributed by atoms with van der Waals surface area (Å²) in [6.07, 6.45) is 1.97. The second kappa shape index (κ2) is 8.27. The van der Waals surface area contributed by atoms with Crippen molar-refractivity contribution < 1.29 is 9.50 Å². The van der Waals surface area contributed by atoms with Gasteiger partial charge in [-0.1, -0.05) is 18.2 Å². The van der Waals surface area contributed by atoms with Gasteiger partial charge in [0.15, 0.2) is 11.2 Å².